The molecule has 0 fully saturated rings. The van der Waals surface area contributed by atoms with Crippen LogP contribution in [0.4, 0.5) is 27.1 Å². The molecule has 0 unspecified atom stereocenters. The quantitative estimate of drug-likeness (QED) is 0.781. The van der Waals surface area contributed by atoms with E-state index < -0.39 is 0 Å². The highest BCUT2D eigenvalue weighted by Gasteiger charge is 2.06. The zero-order valence-corrected chi connectivity index (χ0v) is 9.52. The van der Waals surface area contributed by atoms with E-state index in [1.165, 1.54) is 12.1 Å². The summed E-state index contributed by atoms with van der Waals surface area (Å²) in [4.78, 5) is 1.85. The van der Waals surface area contributed by atoms with E-state index in [1.807, 2.05) is 24.1 Å². The molecule has 0 atom stereocenters. The molecule has 3 nitrogen and oxygen atoms in total. The lowest BCUT2D eigenvalue weighted by molar-refractivity contribution is 0.628. The Kier molecular flexibility index (Phi) is 2.87. The Morgan fingerprint density at radius 3 is 2.29 bits per heavy atom. The van der Waals surface area contributed by atoms with Crippen molar-refractivity contribution in [3.8, 4) is 0 Å². The van der Waals surface area contributed by atoms with Crippen LogP contribution in [0.2, 0.25) is 0 Å². The van der Waals surface area contributed by atoms with Crippen LogP contribution in [0.5, 0.6) is 0 Å². The van der Waals surface area contributed by atoms with Gasteiger partial charge in [-0.15, -0.1) is 0 Å². The summed E-state index contributed by atoms with van der Waals surface area (Å²) in [5.74, 6) is -0.266. The number of hydrogen-bond acceptors (Lipinski definition) is 3. The van der Waals surface area contributed by atoms with Crippen LogP contribution >= 0.6 is 0 Å². The van der Waals surface area contributed by atoms with Gasteiger partial charge in [0, 0.05) is 18.4 Å². The smallest absolute Gasteiger partial charge is 0.125 e. The summed E-state index contributed by atoms with van der Waals surface area (Å²) in [6.45, 7) is 0. The minimum Gasteiger partial charge on any atom is -0.397 e. The molecule has 0 aliphatic heterocycles. The second-order valence-electron chi connectivity index (χ2n) is 3.85. The van der Waals surface area contributed by atoms with Gasteiger partial charge in [-0.3, -0.25) is 0 Å². The highest BCUT2D eigenvalue weighted by atomic mass is 19.1. The number of benzene rings is 2. The number of nitrogens with two attached hydrogens (primary N) is 2. The van der Waals surface area contributed by atoms with Crippen LogP contribution in [-0.2, 0) is 0 Å². The van der Waals surface area contributed by atoms with E-state index in [2.05, 4.69) is 0 Å². The summed E-state index contributed by atoms with van der Waals surface area (Å²) in [7, 11) is 1.85. The molecule has 0 saturated heterocycles. The standard InChI is InChI=1S/C13H14FN3/c1-17(10-4-2-3-9(14)7-10)11-5-6-12(15)13(16)8-11/h2-8H,15-16H2,1H3. The summed E-state index contributed by atoms with van der Waals surface area (Å²) >= 11 is 0. The van der Waals surface area contributed by atoms with Crippen molar-refractivity contribution in [1.82, 2.24) is 0 Å². The molecule has 0 radical (unpaired) electrons. The maximum atomic E-state index is 13.1. The molecule has 0 aromatic heterocycles. The molecule has 88 valence electrons. The van der Waals surface area contributed by atoms with Crippen molar-refractivity contribution in [2.24, 2.45) is 0 Å². The lowest BCUT2D eigenvalue weighted by Crippen LogP contribution is -2.10. The molecule has 0 spiro atoms. The molecular weight excluding hydrogens is 217 g/mol. The molecule has 2 aromatic carbocycles. The molecule has 0 bridgehead atoms. The van der Waals surface area contributed by atoms with Gasteiger partial charge in [-0.25, -0.2) is 4.39 Å². The third-order valence-corrected chi connectivity index (χ3v) is 2.65. The highest BCUT2D eigenvalue weighted by Crippen LogP contribution is 2.27. The maximum Gasteiger partial charge on any atom is 0.125 e. The van der Waals surface area contributed by atoms with Gasteiger partial charge in [0.05, 0.1) is 11.4 Å². The average Bonchev–Trinajstić information content (AvgIpc) is 2.32. The van der Waals surface area contributed by atoms with Gasteiger partial charge in [-0.1, -0.05) is 6.07 Å². The van der Waals surface area contributed by atoms with Crippen molar-refractivity contribution in [2.45, 2.75) is 0 Å². The molecule has 4 N–H and O–H groups in total. The van der Waals surface area contributed by atoms with Gasteiger partial charge in [-0.05, 0) is 36.4 Å². The van der Waals surface area contributed by atoms with E-state index in [0.717, 1.165) is 11.4 Å². The van der Waals surface area contributed by atoms with Gasteiger partial charge in [0.15, 0.2) is 0 Å². The van der Waals surface area contributed by atoms with Gasteiger partial charge in [0.1, 0.15) is 5.82 Å². The zero-order chi connectivity index (χ0) is 12.4. The van der Waals surface area contributed by atoms with Crippen LogP contribution < -0.4 is 16.4 Å². The van der Waals surface area contributed by atoms with E-state index in [9.17, 15) is 4.39 Å². The number of halogens is 1. The summed E-state index contributed by atoms with van der Waals surface area (Å²) in [6, 6.07) is 11.7. The van der Waals surface area contributed by atoms with Crippen molar-refractivity contribution >= 4 is 22.7 Å². The topological polar surface area (TPSA) is 55.3 Å². The summed E-state index contributed by atoms with van der Waals surface area (Å²) in [5, 5.41) is 0. The first-order chi connectivity index (χ1) is 8.08. The molecular formula is C13H14FN3. The largest absolute Gasteiger partial charge is 0.397 e. The minimum atomic E-state index is -0.266. The van der Waals surface area contributed by atoms with Gasteiger partial charge >= 0.3 is 0 Å². The number of anilines is 4. The first kappa shape index (κ1) is 11.3. The van der Waals surface area contributed by atoms with Crippen molar-refractivity contribution in [1.29, 1.82) is 0 Å². The normalized spacial score (nSPS) is 10.2. The molecule has 2 rings (SSSR count). The predicted octanol–water partition coefficient (Wildman–Crippen LogP) is 2.76. The first-order valence-corrected chi connectivity index (χ1v) is 5.22. The first-order valence-electron chi connectivity index (χ1n) is 5.22. The second-order valence-corrected chi connectivity index (χ2v) is 3.85. The summed E-state index contributed by atoms with van der Waals surface area (Å²) in [5.41, 5.74) is 14.1. The van der Waals surface area contributed by atoms with Gasteiger partial charge < -0.3 is 16.4 Å². The number of nitrogens with zero attached hydrogens (tertiary/aromatic N) is 1. The van der Waals surface area contributed by atoms with Crippen LogP contribution in [0.25, 0.3) is 0 Å². The lowest BCUT2D eigenvalue weighted by atomic mass is 10.2. The van der Waals surface area contributed by atoms with Crippen LogP contribution in [0, 0.1) is 5.82 Å². The molecule has 4 heteroatoms. The molecule has 0 amide bonds. The molecule has 0 heterocycles. The Hall–Kier alpha value is -2.23. The van der Waals surface area contributed by atoms with Crippen LogP contribution in [0.3, 0.4) is 0 Å². The van der Waals surface area contributed by atoms with E-state index in [4.69, 9.17) is 11.5 Å². The minimum absolute atomic E-state index is 0.266. The van der Waals surface area contributed by atoms with Crippen LogP contribution in [-0.4, -0.2) is 7.05 Å². The Balaban J connectivity index is 2.36. The SMILES string of the molecule is CN(c1cccc(F)c1)c1ccc(N)c(N)c1. The lowest BCUT2D eigenvalue weighted by Gasteiger charge is -2.20. The molecule has 0 aliphatic carbocycles. The third kappa shape index (κ3) is 2.30. The van der Waals surface area contributed by atoms with Gasteiger partial charge in [0.25, 0.3) is 0 Å². The zero-order valence-electron chi connectivity index (χ0n) is 9.52. The number of rotatable bonds is 2. The van der Waals surface area contributed by atoms with Gasteiger partial charge in [0.2, 0.25) is 0 Å². The second kappa shape index (κ2) is 4.33. The number of hydrogen-bond donors (Lipinski definition) is 2. The maximum absolute atomic E-state index is 13.1. The van der Waals surface area contributed by atoms with Crippen LogP contribution in [0.1, 0.15) is 0 Å². The Bertz CT molecular complexity index is 540. The Morgan fingerprint density at radius 1 is 0.941 bits per heavy atom. The van der Waals surface area contributed by atoms with Crippen LogP contribution in [0.15, 0.2) is 42.5 Å². The highest BCUT2D eigenvalue weighted by molar-refractivity contribution is 5.73. The van der Waals surface area contributed by atoms with Gasteiger partial charge in [-0.2, -0.15) is 0 Å². The Morgan fingerprint density at radius 2 is 1.65 bits per heavy atom. The van der Waals surface area contributed by atoms with Crippen molar-refractivity contribution in [3.63, 3.8) is 0 Å². The third-order valence-electron chi connectivity index (χ3n) is 2.65. The fourth-order valence-corrected chi connectivity index (χ4v) is 1.60. The summed E-state index contributed by atoms with van der Waals surface area (Å²) < 4.78 is 13.1. The molecule has 17 heavy (non-hydrogen) atoms. The van der Waals surface area contributed by atoms with E-state index in [-0.39, 0.29) is 5.82 Å². The Labute approximate surface area is 99.5 Å². The fraction of sp³-hybridized carbons (Fsp3) is 0.0769. The predicted molar refractivity (Wildman–Crippen MR) is 69.7 cm³/mol. The average molecular weight is 231 g/mol. The van der Waals surface area contributed by atoms with Crippen molar-refractivity contribution < 1.29 is 4.39 Å². The fourth-order valence-electron chi connectivity index (χ4n) is 1.60. The molecule has 0 aliphatic rings. The molecule has 0 saturated carbocycles. The molecule has 2 aromatic rings. The van der Waals surface area contributed by atoms with Crippen molar-refractivity contribution in [3.05, 3.63) is 48.3 Å². The van der Waals surface area contributed by atoms with Crippen molar-refractivity contribution in [2.75, 3.05) is 23.4 Å². The van der Waals surface area contributed by atoms with E-state index >= 15 is 0 Å². The monoisotopic (exact) mass is 231 g/mol. The van der Waals surface area contributed by atoms with E-state index in [0.29, 0.717) is 11.4 Å². The van der Waals surface area contributed by atoms with E-state index in [1.54, 1.807) is 18.2 Å². The number of nitrogen functional groups attached to an aromatic ring is 2. The summed E-state index contributed by atoms with van der Waals surface area (Å²) in [6.07, 6.45) is 0.